The van der Waals surface area contributed by atoms with E-state index in [9.17, 15) is 9.59 Å². The van der Waals surface area contributed by atoms with E-state index in [0.29, 0.717) is 17.1 Å². The molecule has 2 aromatic carbocycles. The van der Waals surface area contributed by atoms with Gasteiger partial charge in [0.25, 0.3) is 5.91 Å². The SMILES string of the molecule is COC(=O)c1cccc(NC(=O)c2cnc(Nc3cc(C)cc(C)c3)cn2)c1. The first-order chi connectivity index (χ1) is 13.4. The topological polar surface area (TPSA) is 93.2 Å². The van der Waals surface area contributed by atoms with Gasteiger partial charge in [0, 0.05) is 11.4 Å². The smallest absolute Gasteiger partial charge is 0.337 e. The second-order valence-electron chi connectivity index (χ2n) is 6.31. The number of hydrogen-bond donors (Lipinski definition) is 2. The number of esters is 1. The second-order valence-corrected chi connectivity index (χ2v) is 6.31. The molecule has 1 amide bonds. The van der Waals surface area contributed by atoms with Crippen LogP contribution in [0.3, 0.4) is 0 Å². The third-order valence-electron chi connectivity index (χ3n) is 3.92. The number of ether oxygens (including phenoxy) is 1. The first-order valence-corrected chi connectivity index (χ1v) is 8.62. The molecule has 0 atom stereocenters. The molecule has 0 saturated heterocycles. The minimum Gasteiger partial charge on any atom is -0.465 e. The number of carbonyl (C=O) groups is 2. The molecule has 0 bridgehead atoms. The lowest BCUT2D eigenvalue weighted by atomic mass is 10.1. The molecule has 142 valence electrons. The highest BCUT2D eigenvalue weighted by Crippen LogP contribution is 2.18. The largest absolute Gasteiger partial charge is 0.465 e. The number of methoxy groups -OCH3 is 1. The van der Waals surface area contributed by atoms with Gasteiger partial charge in [-0.3, -0.25) is 4.79 Å². The highest BCUT2D eigenvalue weighted by Gasteiger charge is 2.11. The van der Waals surface area contributed by atoms with Gasteiger partial charge < -0.3 is 15.4 Å². The minimum atomic E-state index is -0.474. The molecular formula is C21H20N4O3. The third-order valence-corrected chi connectivity index (χ3v) is 3.92. The summed E-state index contributed by atoms with van der Waals surface area (Å²) >= 11 is 0. The van der Waals surface area contributed by atoms with Gasteiger partial charge >= 0.3 is 5.97 Å². The average Bonchev–Trinajstić information content (AvgIpc) is 2.67. The highest BCUT2D eigenvalue weighted by molar-refractivity contribution is 6.03. The summed E-state index contributed by atoms with van der Waals surface area (Å²) in [6, 6.07) is 12.6. The van der Waals surface area contributed by atoms with Gasteiger partial charge in [0.15, 0.2) is 0 Å². The van der Waals surface area contributed by atoms with E-state index in [2.05, 4.69) is 31.4 Å². The van der Waals surface area contributed by atoms with Crippen LogP contribution in [-0.4, -0.2) is 29.0 Å². The van der Waals surface area contributed by atoms with E-state index in [-0.39, 0.29) is 5.69 Å². The Morgan fingerprint density at radius 3 is 2.32 bits per heavy atom. The predicted molar refractivity (Wildman–Crippen MR) is 107 cm³/mol. The van der Waals surface area contributed by atoms with Crippen molar-refractivity contribution in [3.05, 3.63) is 77.2 Å². The predicted octanol–water partition coefficient (Wildman–Crippen LogP) is 3.88. The lowest BCUT2D eigenvalue weighted by Gasteiger charge is -2.09. The Kier molecular flexibility index (Phi) is 5.64. The molecule has 3 rings (SSSR count). The quantitative estimate of drug-likeness (QED) is 0.657. The maximum absolute atomic E-state index is 12.4. The van der Waals surface area contributed by atoms with Crippen molar-refractivity contribution < 1.29 is 14.3 Å². The Labute approximate surface area is 162 Å². The Balaban J connectivity index is 1.69. The van der Waals surface area contributed by atoms with Crippen molar-refractivity contribution in [3.63, 3.8) is 0 Å². The van der Waals surface area contributed by atoms with E-state index in [1.54, 1.807) is 18.2 Å². The number of nitrogens with zero attached hydrogens (tertiary/aromatic N) is 2. The molecule has 0 saturated carbocycles. The molecule has 3 aromatic rings. The lowest BCUT2D eigenvalue weighted by Crippen LogP contribution is -2.14. The maximum atomic E-state index is 12.4. The van der Waals surface area contributed by atoms with Crippen LogP contribution in [0.4, 0.5) is 17.2 Å². The van der Waals surface area contributed by atoms with Gasteiger partial charge in [0.05, 0.1) is 25.1 Å². The molecule has 1 heterocycles. The number of rotatable bonds is 5. The van der Waals surface area contributed by atoms with Crippen molar-refractivity contribution in [2.24, 2.45) is 0 Å². The fraction of sp³-hybridized carbons (Fsp3) is 0.143. The second kappa shape index (κ2) is 8.30. The molecule has 1 aromatic heterocycles. The van der Waals surface area contributed by atoms with Crippen LogP contribution in [0.15, 0.2) is 54.9 Å². The Bertz CT molecular complexity index is 996. The Morgan fingerprint density at radius 2 is 1.68 bits per heavy atom. The molecular weight excluding hydrogens is 356 g/mol. The van der Waals surface area contributed by atoms with Crippen molar-refractivity contribution in [1.29, 1.82) is 0 Å². The average molecular weight is 376 g/mol. The van der Waals surface area contributed by atoms with E-state index >= 15 is 0 Å². The third kappa shape index (κ3) is 4.70. The van der Waals surface area contributed by atoms with E-state index in [4.69, 9.17) is 0 Å². The normalized spacial score (nSPS) is 10.2. The van der Waals surface area contributed by atoms with E-state index in [1.165, 1.54) is 25.6 Å². The first-order valence-electron chi connectivity index (χ1n) is 8.62. The number of amides is 1. The molecule has 7 heteroatoms. The Hall–Kier alpha value is -3.74. The first kappa shape index (κ1) is 19.0. The van der Waals surface area contributed by atoms with E-state index in [0.717, 1.165) is 16.8 Å². The zero-order valence-electron chi connectivity index (χ0n) is 15.8. The van der Waals surface area contributed by atoms with Gasteiger partial charge in [-0.05, 0) is 55.3 Å². The highest BCUT2D eigenvalue weighted by atomic mass is 16.5. The van der Waals surface area contributed by atoms with Gasteiger partial charge in [-0.25, -0.2) is 14.8 Å². The van der Waals surface area contributed by atoms with Gasteiger partial charge in [-0.1, -0.05) is 12.1 Å². The molecule has 0 aliphatic heterocycles. The minimum absolute atomic E-state index is 0.162. The van der Waals surface area contributed by atoms with Crippen molar-refractivity contribution in [1.82, 2.24) is 9.97 Å². The maximum Gasteiger partial charge on any atom is 0.337 e. The van der Waals surface area contributed by atoms with Crippen molar-refractivity contribution in [2.45, 2.75) is 13.8 Å². The van der Waals surface area contributed by atoms with Crippen LogP contribution in [0.5, 0.6) is 0 Å². The molecule has 0 radical (unpaired) electrons. The van der Waals surface area contributed by atoms with Crippen LogP contribution in [-0.2, 0) is 4.74 Å². The summed E-state index contributed by atoms with van der Waals surface area (Å²) in [5.41, 5.74) is 4.16. The molecule has 28 heavy (non-hydrogen) atoms. The summed E-state index contributed by atoms with van der Waals surface area (Å²) in [5, 5.41) is 5.86. The standard InChI is InChI=1S/C21H20N4O3/c1-13-7-14(2)9-17(8-13)24-19-12-22-18(11-23-19)20(26)25-16-6-4-5-15(10-16)21(27)28-3/h4-12H,1-3H3,(H,23,24)(H,25,26). The van der Waals surface area contributed by atoms with Crippen LogP contribution in [0.1, 0.15) is 32.0 Å². The van der Waals surface area contributed by atoms with Crippen LogP contribution in [0, 0.1) is 13.8 Å². The fourth-order valence-electron chi connectivity index (χ4n) is 2.74. The summed E-state index contributed by atoms with van der Waals surface area (Å²) in [6.45, 7) is 4.04. The number of benzene rings is 2. The molecule has 0 aliphatic rings. The van der Waals surface area contributed by atoms with Gasteiger partial charge in [0.2, 0.25) is 0 Å². The Morgan fingerprint density at radius 1 is 0.929 bits per heavy atom. The number of aromatic nitrogens is 2. The zero-order valence-corrected chi connectivity index (χ0v) is 15.8. The number of nitrogens with one attached hydrogen (secondary N) is 2. The summed E-state index contributed by atoms with van der Waals surface area (Å²) in [5.74, 6) is -0.362. The zero-order chi connectivity index (χ0) is 20.1. The van der Waals surface area contributed by atoms with Crippen molar-refractivity contribution in [3.8, 4) is 0 Å². The summed E-state index contributed by atoms with van der Waals surface area (Å²) in [4.78, 5) is 32.4. The number of hydrogen-bond acceptors (Lipinski definition) is 6. The summed E-state index contributed by atoms with van der Waals surface area (Å²) in [6.07, 6.45) is 2.89. The molecule has 0 unspecified atom stereocenters. The van der Waals surface area contributed by atoms with Gasteiger partial charge in [0.1, 0.15) is 11.5 Å². The molecule has 0 aliphatic carbocycles. The molecule has 0 spiro atoms. The lowest BCUT2D eigenvalue weighted by molar-refractivity contribution is 0.0600. The van der Waals surface area contributed by atoms with Gasteiger partial charge in [-0.15, -0.1) is 0 Å². The monoisotopic (exact) mass is 376 g/mol. The molecule has 0 fully saturated rings. The number of carbonyl (C=O) groups excluding carboxylic acids is 2. The van der Waals surface area contributed by atoms with E-state index < -0.39 is 11.9 Å². The number of anilines is 3. The summed E-state index contributed by atoms with van der Waals surface area (Å²) < 4.78 is 4.68. The van der Waals surface area contributed by atoms with Crippen LogP contribution in [0.2, 0.25) is 0 Å². The van der Waals surface area contributed by atoms with E-state index in [1.807, 2.05) is 26.0 Å². The molecule has 7 nitrogen and oxygen atoms in total. The summed E-state index contributed by atoms with van der Waals surface area (Å²) in [7, 11) is 1.30. The van der Waals surface area contributed by atoms with Crippen LogP contribution < -0.4 is 10.6 Å². The molecule has 2 N–H and O–H groups in total. The van der Waals surface area contributed by atoms with Crippen LogP contribution >= 0.6 is 0 Å². The van der Waals surface area contributed by atoms with Crippen LogP contribution in [0.25, 0.3) is 0 Å². The fourth-order valence-corrected chi connectivity index (χ4v) is 2.74. The van der Waals surface area contributed by atoms with Crippen molar-refractivity contribution in [2.75, 3.05) is 17.7 Å². The van der Waals surface area contributed by atoms with Gasteiger partial charge in [-0.2, -0.15) is 0 Å². The number of aryl methyl sites for hydroxylation is 2. The van der Waals surface area contributed by atoms with Crippen molar-refractivity contribution >= 4 is 29.1 Å².